The molecule has 0 amide bonds. The summed E-state index contributed by atoms with van der Waals surface area (Å²) in [5, 5.41) is 3.86. The van der Waals surface area contributed by atoms with Crippen molar-refractivity contribution in [2.75, 3.05) is 25.2 Å². The maximum Gasteiger partial charge on any atom is 0.220 e. The molecule has 0 spiro atoms. The molecular weight excluding hydrogens is 302 g/mol. The van der Waals surface area contributed by atoms with E-state index in [0.29, 0.717) is 23.8 Å². The Labute approximate surface area is 131 Å². The highest BCUT2D eigenvalue weighted by Crippen LogP contribution is 2.36. The Balaban J connectivity index is 1.87. The van der Waals surface area contributed by atoms with E-state index in [1.807, 2.05) is 19.2 Å². The normalized spacial score (nSPS) is 10.6. The largest absolute Gasteiger partial charge is 0.494 e. The quantitative estimate of drug-likeness (QED) is 0.745. The van der Waals surface area contributed by atoms with Crippen molar-refractivity contribution in [1.82, 2.24) is 15.0 Å². The molecule has 0 aliphatic rings. The van der Waals surface area contributed by atoms with Crippen LogP contribution < -0.4 is 20.5 Å². The summed E-state index contributed by atoms with van der Waals surface area (Å²) in [5.41, 5.74) is 7.08. The molecule has 1 aromatic carbocycles. The van der Waals surface area contributed by atoms with Gasteiger partial charge in [0.05, 0.1) is 17.5 Å². The van der Waals surface area contributed by atoms with Crippen molar-refractivity contribution in [3.8, 4) is 11.5 Å². The predicted octanol–water partition coefficient (Wildman–Crippen LogP) is 2.30. The van der Waals surface area contributed by atoms with Crippen LogP contribution in [0, 0.1) is 0 Å². The zero-order chi connectivity index (χ0) is 15.5. The highest BCUT2D eigenvalue weighted by molar-refractivity contribution is 7.22. The van der Waals surface area contributed by atoms with Crippen LogP contribution in [0.2, 0.25) is 0 Å². The van der Waals surface area contributed by atoms with Gasteiger partial charge in [0.25, 0.3) is 0 Å². The molecule has 2 aromatic heterocycles. The van der Waals surface area contributed by atoms with Crippen LogP contribution in [0.25, 0.3) is 10.2 Å². The molecular formula is C14H15N5O2S. The van der Waals surface area contributed by atoms with Crippen molar-refractivity contribution in [3.63, 3.8) is 0 Å². The van der Waals surface area contributed by atoms with Crippen LogP contribution in [0.15, 0.2) is 24.4 Å². The molecule has 114 valence electrons. The SMILES string of the molecule is CNc1nc2c(OC)cc(OCc3ccnc(N)n3)cc2s1. The summed E-state index contributed by atoms with van der Waals surface area (Å²) in [4.78, 5) is 12.4. The number of hydrogen-bond acceptors (Lipinski definition) is 8. The number of methoxy groups -OCH3 is 1. The molecule has 3 rings (SSSR count). The van der Waals surface area contributed by atoms with Crippen molar-refractivity contribution in [2.24, 2.45) is 0 Å². The highest BCUT2D eigenvalue weighted by atomic mass is 32.1. The summed E-state index contributed by atoms with van der Waals surface area (Å²) >= 11 is 1.54. The lowest BCUT2D eigenvalue weighted by Gasteiger charge is -2.08. The average Bonchev–Trinajstić information content (AvgIpc) is 2.95. The standard InChI is InChI=1S/C14H15N5O2S/c1-16-14-19-12-10(20-2)5-9(6-11(12)22-14)21-7-8-3-4-17-13(15)18-8/h3-6H,7H2,1-2H3,(H,16,19)(H2,15,17,18). The maximum atomic E-state index is 5.77. The third-order valence-electron chi connectivity index (χ3n) is 2.99. The minimum absolute atomic E-state index is 0.232. The number of benzene rings is 1. The molecule has 3 N–H and O–H groups in total. The van der Waals surface area contributed by atoms with Gasteiger partial charge >= 0.3 is 0 Å². The fourth-order valence-electron chi connectivity index (χ4n) is 1.97. The van der Waals surface area contributed by atoms with Gasteiger partial charge in [-0.3, -0.25) is 0 Å². The van der Waals surface area contributed by atoms with Gasteiger partial charge in [-0.1, -0.05) is 11.3 Å². The molecule has 3 aromatic rings. The van der Waals surface area contributed by atoms with Crippen molar-refractivity contribution in [3.05, 3.63) is 30.1 Å². The van der Waals surface area contributed by atoms with Gasteiger partial charge in [0.1, 0.15) is 23.6 Å². The number of nitrogens with two attached hydrogens (primary N) is 1. The first-order valence-corrected chi connectivity index (χ1v) is 7.38. The van der Waals surface area contributed by atoms with Gasteiger partial charge in [-0.05, 0) is 12.1 Å². The number of hydrogen-bond donors (Lipinski definition) is 2. The lowest BCUT2D eigenvalue weighted by atomic mass is 10.3. The van der Waals surface area contributed by atoms with Crippen molar-refractivity contribution in [1.29, 1.82) is 0 Å². The summed E-state index contributed by atoms with van der Waals surface area (Å²) in [6.07, 6.45) is 1.60. The number of ether oxygens (including phenoxy) is 2. The second-order valence-electron chi connectivity index (χ2n) is 4.44. The lowest BCUT2D eigenvalue weighted by molar-refractivity contribution is 0.299. The molecule has 0 aliphatic heterocycles. The lowest BCUT2D eigenvalue weighted by Crippen LogP contribution is -2.02. The molecule has 0 atom stereocenters. The highest BCUT2D eigenvalue weighted by Gasteiger charge is 2.11. The van der Waals surface area contributed by atoms with Gasteiger partial charge in [-0.2, -0.15) is 0 Å². The van der Waals surface area contributed by atoms with Crippen molar-refractivity contribution >= 4 is 32.6 Å². The summed E-state index contributed by atoms with van der Waals surface area (Å²) in [5.74, 6) is 1.59. The van der Waals surface area contributed by atoms with Crippen molar-refractivity contribution in [2.45, 2.75) is 6.61 Å². The Kier molecular flexibility index (Phi) is 3.92. The number of nitrogens with one attached hydrogen (secondary N) is 1. The van der Waals surface area contributed by atoms with Crippen LogP contribution in [-0.2, 0) is 6.61 Å². The third-order valence-corrected chi connectivity index (χ3v) is 4.01. The number of rotatable bonds is 5. The van der Waals surface area contributed by atoms with Crippen LogP contribution >= 0.6 is 11.3 Å². The van der Waals surface area contributed by atoms with Gasteiger partial charge < -0.3 is 20.5 Å². The van der Waals surface area contributed by atoms with E-state index in [1.165, 1.54) is 11.3 Å². The summed E-state index contributed by atoms with van der Waals surface area (Å²) in [7, 11) is 3.45. The van der Waals surface area contributed by atoms with Crippen LogP contribution in [0.4, 0.5) is 11.1 Å². The van der Waals surface area contributed by atoms with Crippen molar-refractivity contribution < 1.29 is 9.47 Å². The molecule has 8 heteroatoms. The third kappa shape index (κ3) is 2.86. The number of nitrogens with zero attached hydrogens (tertiary/aromatic N) is 3. The minimum Gasteiger partial charge on any atom is -0.494 e. The monoisotopic (exact) mass is 317 g/mol. The molecule has 0 unspecified atom stereocenters. The molecule has 0 saturated heterocycles. The Morgan fingerprint density at radius 2 is 2.18 bits per heavy atom. The Morgan fingerprint density at radius 1 is 1.32 bits per heavy atom. The van der Waals surface area contributed by atoms with E-state index < -0.39 is 0 Å². The molecule has 7 nitrogen and oxygen atoms in total. The summed E-state index contributed by atoms with van der Waals surface area (Å²) < 4.78 is 12.1. The number of fused-ring (bicyclic) bond motifs is 1. The second kappa shape index (κ2) is 6.02. The number of anilines is 2. The predicted molar refractivity (Wildman–Crippen MR) is 86.5 cm³/mol. The van der Waals surface area contributed by atoms with E-state index in [9.17, 15) is 0 Å². The average molecular weight is 317 g/mol. The molecule has 22 heavy (non-hydrogen) atoms. The van der Waals surface area contributed by atoms with Gasteiger partial charge in [-0.15, -0.1) is 0 Å². The molecule has 0 radical (unpaired) electrons. The van der Waals surface area contributed by atoms with E-state index in [1.54, 1.807) is 19.4 Å². The van der Waals surface area contributed by atoms with E-state index >= 15 is 0 Å². The Hall–Kier alpha value is -2.61. The van der Waals surface area contributed by atoms with Crippen LogP contribution in [-0.4, -0.2) is 29.1 Å². The molecule has 0 aliphatic carbocycles. The number of thiazole rings is 1. The topological polar surface area (TPSA) is 95.2 Å². The second-order valence-corrected chi connectivity index (χ2v) is 5.47. The Morgan fingerprint density at radius 3 is 2.91 bits per heavy atom. The zero-order valence-electron chi connectivity index (χ0n) is 12.2. The van der Waals surface area contributed by atoms with Crippen LogP contribution in [0.3, 0.4) is 0 Å². The molecule has 0 saturated carbocycles. The fourth-order valence-corrected chi connectivity index (χ4v) is 2.84. The van der Waals surface area contributed by atoms with Crippen LogP contribution in [0.5, 0.6) is 11.5 Å². The van der Waals surface area contributed by atoms with Crippen LogP contribution in [0.1, 0.15) is 5.69 Å². The van der Waals surface area contributed by atoms with E-state index in [4.69, 9.17) is 15.2 Å². The zero-order valence-corrected chi connectivity index (χ0v) is 13.0. The first-order chi connectivity index (χ1) is 10.7. The molecule has 0 bridgehead atoms. The summed E-state index contributed by atoms with van der Waals surface area (Å²) in [6.45, 7) is 0.305. The first-order valence-electron chi connectivity index (χ1n) is 6.56. The van der Waals surface area contributed by atoms with E-state index in [0.717, 1.165) is 15.3 Å². The van der Waals surface area contributed by atoms with Gasteiger partial charge in [0.2, 0.25) is 5.95 Å². The van der Waals surface area contributed by atoms with E-state index in [2.05, 4.69) is 20.3 Å². The molecule has 0 fully saturated rings. The Bertz CT molecular complexity index is 805. The number of aromatic nitrogens is 3. The maximum absolute atomic E-state index is 5.77. The van der Waals surface area contributed by atoms with Gasteiger partial charge in [0.15, 0.2) is 5.13 Å². The fraction of sp³-hybridized carbons (Fsp3) is 0.214. The number of nitrogen functional groups attached to an aromatic ring is 1. The van der Waals surface area contributed by atoms with Gasteiger partial charge in [-0.25, -0.2) is 15.0 Å². The first kappa shape index (κ1) is 14.3. The minimum atomic E-state index is 0.232. The molecule has 2 heterocycles. The smallest absolute Gasteiger partial charge is 0.220 e. The van der Waals surface area contributed by atoms with Gasteiger partial charge in [0, 0.05) is 19.3 Å². The van der Waals surface area contributed by atoms with E-state index in [-0.39, 0.29) is 5.95 Å². The summed E-state index contributed by atoms with van der Waals surface area (Å²) in [6, 6.07) is 5.50.